The summed E-state index contributed by atoms with van der Waals surface area (Å²) in [4.78, 5) is 8.36. The van der Waals surface area contributed by atoms with Crippen molar-refractivity contribution in [3.05, 3.63) is 46.4 Å². The maximum absolute atomic E-state index is 5.93. The van der Waals surface area contributed by atoms with Gasteiger partial charge in [0.25, 0.3) is 0 Å². The van der Waals surface area contributed by atoms with Crippen molar-refractivity contribution < 1.29 is 9.47 Å². The van der Waals surface area contributed by atoms with Crippen LogP contribution in [0.25, 0.3) is 0 Å². The predicted octanol–water partition coefficient (Wildman–Crippen LogP) is 3.72. The Morgan fingerprint density at radius 3 is 2.55 bits per heavy atom. The van der Waals surface area contributed by atoms with Gasteiger partial charge in [-0.2, -0.15) is 4.98 Å². The van der Waals surface area contributed by atoms with Gasteiger partial charge < -0.3 is 9.47 Å². The maximum atomic E-state index is 5.93. The highest BCUT2D eigenvalue weighted by atomic mass is 35.5. The van der Waals surface area contributed by atoms with Crippen LogP contribution in [-0.4, -0.2) is 16.6 Å². The van der Waals surface area contributed by atoms with Crippen molar-refractivity contribution in [2.24, 2.45) is 0 Å². The summed E-state index contributed by atoms with van der Waals surface area (Å²) in [6, 6.07) is 7.53. The Bertz CT molecular complexity index is 602. The van der Waals surface area contributed by atoms with Crippen molar-refractivity contribution >= 4 is 11.6 Å². The summed E-state index contributed by atoms with van der Waals surface area (Å²) in [5, 5.41) is 0.349. The lowest BCUT2D eigenvalue weighted by atomic mass is 10.1. The summed E-state index contributed by atoms with van der Waals surface area (Å²) in [5.41, 5.74) is 2.42. The number of ether oxygens (including phenoxy) is 2. The molecule has 4 nitrogen and oxygen atoms in total. The predicted molar refractivity (Wildman–Crippen MR) is 78.5 cm³/mol. The third-order valence-corrected chi connectivity index (χ3v) is 3.05. The van der Waals surface area contributed by atoms with Gasteiger partial charge in [-0.3, -0.25) is 0 Å². The third kappa shape index (κ3) is 3.84. The Kier molecular flexibility index (Phi) is 4.79. The molecule has 106 valence electrons. The molecule has 0 unspecified atom stereocenters. The molecule has 0 bridgehead atoms. The van der Waals surface area contributed by atoms with Crippen LogP contribution in [0.5, 0.6) is 11.6 Å². The number of halogens is 1. The van der Waals surface area contributed by atoms with Crippen molar-refractivity contribution in [2.45, 2.75) is 27.4 Å². The standard InChI is InChI=1S/C15H17ClN2O2/c1-4-19-15-8-13(16)17-14(18-15)9-20-12-6-5-10(2)11(3)7-12/h5-8H,4,9H2,1-3H3. The fraction of sp³-hybridized carbons (Fsp3) is 0.333. The highest BCUT2D eigenvalue weighted by molar-refractivity contribution is 6.29. The van der Waals surface area contributed by atoms with E-state index in [1.165, 1.54) is 11.1 Å². The van der Waals surface area contributed by atoms with E-state index in [4.69, 9.17) is 21.1 Å². The molecule has 0 saturated carbocycles. The molecule has 1 heterocycles. The molecule has 0 atom stereocenters. The average Bonchev–Trinajstić information content (AvgIpc) is 2.40. The molecule has 1 aromatic heterocycles. The van der Waals surface area contributed by atoms with E-state index in [0.29, 0.717) is 23.5 Å². The first-order chi connectivity index (χ1) is 9.58. The van der Waals surface area contributed by atoms with Crippen LogP contribution in [0.2, 0.25) is 5.15 Å². The number of nitrogens with zero attached hydrogens (tertiary/aromatic N) is 2. The monoisotopic (exact) mass is 292 g/mol. The SMILES string of the molecule is CCOc1cc(Cl)nc(COc2ccc(C)c(C)c2)n1. The number of hydrogen-bond acceptors (Lipinski definition) is 4. The lowest BCUT2D eigenvalue weighted by Crippen LogP contribution is -2.04. The minimum Gasteiger partial charge on any atom is -0.486 e. The van der Waals surface area contributed by atoms with E-state index in [1.54, 1.807) is 6.07 Å². The second-order valence-electron chi connectivity index (χ2n) is 4.41. The van der Waals surface area contributed by atoms with Crippen LogP contribution in [0.1, 0.15) is 23.9 Å². The minimum absolute atomic E-state index is 0.253. The largest absolute Gasteiger partial charge is 0.486 e. The van der Waals surface area contributed by atoms with Gasteiger partial charge >= 0.3 is 0 Å². The normalized spacial score (nSPS) is 10.4. The zero-order valence-electron chi connectivity index (χ0n) is 11.8. The molecule has 2 rings (SSSR count). The summed E-state index contributed by atoms with van der Waals surface area (Å²) in [7, 11) is 0. The fourth-order valence-corrected chi connectivity index (χ4v) is 1.87. The molecule has 0 fully saturated rings. The zero-order chi connectivity index (χ0) is 14.5. The second-order valence-corrected chi connectivity index (χ2v) is 4.80. The molecule has 0 spiro atoms. The van der Waals surface area contributed by atoms with Crippen molar-refractivity contribution in [3.8, 4) is 11.6 Å². The van der Waals surface area contributed by atoms with Gasteiger partial charge in [-0.25, -0.2) is 4.98 Å². The molecule has 0 saturated heterocycles. The van der Waals surface area contributed by atoms with Gasteiger partial charge in [-0.1, -0.05) is 17.7 Å². The minimum atomic E-state index is 0.253. The van der Waals surface area contributed by atoms with Crippen LogP contribution in [-0.2, 0) is 6.61 Å². The Balaban J connectivity index is 2.08. The van der Waals surface area contributed by atoms with Crippen LogP contribution >= 0.6 is 11.6 Å². The Labute approximate surface area is 123 Å². The summed E-state index contributed by atoms with van der Waals surface area (Å²) in [5.74, 6) is 1.75. The molecule has 0 amide bonds. The Hall–Kier alpha value is -1.81. The molecule has 20 heavy (non-hydrogen) atoms. The first-order valence-corrected chi connectivity index (χ1v) is 6.82. The van der Waals surface area contributed by atoms with E-state index in [9.17, 15) is 0 Å². The van der Waals surface area contributed by atoms with Crippen molar-refractivity contribution in [2.75, 3.05) is 6.61 Å². The summed E-state index contributed by atoms with van der Waals surface area (Å²) in [6.07, 6.45) is 0. The summed E-state index contributed by atoms with van der Waals surface area (Å²) >= 11 is 5.93. The van der Waals surface area contributed by atoms with Crippen molar-refractivity contribution in [1.82, 2.24) is 9.97 Å². The molecule has 0 aliphatic rings. The molecule has 0 aliphatic carbocycles. The summed E-state index contributed by atoms with van der Waals surface area (Å²) < 4.78 is 11.0. The van der Waals surface area contributed by atoms with Crippen molar-refractivity contribution in [1.29, 1.82) is 0 Å². The van der Waals surface area contributed by atoms with Gasteiger partial charge in [0.2, 0.25) is 5.88 Å². The molecule has 5 heteroatoms. The number of aromatic nitrogens is 2. The average molecular weight is 293 g/mol. The molecular weight excluding hydrogens is 276 g/mol. The van der Waals surface area contributed by atoms with E-state index in [-0.39, 0.29) is 6.61 Å². The molecule has 1 aromatic carbocycles. The smallest absolute Gasteiger partial charge is 0.218 e. The number of hydrogen-bond donors (Lipinski definition) is 0. The fourth-order valence-electron chi connectivity index (χ4n) is 1.68. The van der Waals surface area contributed by atoms with Crippen LogP contribution in [0.4, 0.5) is 0 Å². The van der Waals surface area contributed by atoms with Gasteiger partial charge in [0, 0.05) is 6.07 Å². The lowest BCUT2D eigenvalue weighted by Gasteiger charge is -2.09. The van der Waals surface area contributed by atoms with E-state index < -0.39 is 0 Å². The molecule has 0 N–H and O–H groups in total. The number of aryl methyl sites for hydroxylation is 2. The second kappa shape index (κ2) is 6.57. The summed E-state index contributed by atoms with van der Waals surface area (Å²) in [6.45, 7) is 6.79. The first-order valence-electron chi connectivity index (χ1n) is 6.45. The van der Waals surface area contributed by atoms with E-state index >= 15 is 0 Å². The number of benzene rings is 1. The van der Waals surface area contributed by atoms with Gasteiger partial charge in [0.15, 0.2) is 5.82 Å². The van der Waals surface area contributed by atoms with E-state index in [1.807, 2.05) is 32.0 Å². The van der Waals surface area contributed by atoms with Crippen LogP contribution in [0.15, 0.2) is 24.3 Å². The molecule has 0 radical (unpaired) electrons. The number of rotatable bonds is 5. The van der Waals surface area contributed by atoms with Gasteiger partial charge in [0.05, 0.1) is 6.61 Å². The molecule has 0 aliphatic heterocycles. The van der Waals surface area contributed by atoms with Crippen LogP contribution < -0.4 is 9.47 Å². The highest BCUT2D eigenvalue weighted by Crippen LogP contribution is 2.18. The highest BCUT2D eigenvalue weighted by Gasteiger charge is 2.05. The first kappa shape index (κ1) is 14.6. The molecular formula is C15H17ClN2O2. The quantitative estimate of drug-likeness (QED) is 0.788. The van der Waals surface area contributed by atoms with Crippen molar-refractivity contribution in [3.63, 3.8) is 0 Å². The van der Waals surface area contributed by atoms with E-state index in [2.05, 4.69) is 16.9 Å². The van der Waals surface area contributed by atoms with Gasteiger partial charge in [0.1, 0.15) is 17.5 Å². The Morgan fingerprint density at radius 2 is 1.85 bits per heavy atom. The van der Waals surface area contributed by atoms with Crippen LogP contribution in [0, 0.1) is 13.8 Å². The van der Waals surface area contributed by atoms with Gasteiger partial charge in [-0.05, 0) is 44.0 Å². The zero-order valence-corrected chi connectivity index (χ0v) is 12.6. The third-order valence-electron chi connectivity index (χ3n) is 2.86. The topological polar surface area (TPSA) is 44.2 Å². The van der Waals surface area contributed by atoms with E-state index in [0.717, 1.165) is 5.75 Å². The van der Waals surface area contributed by atoms with Crippen LogP contribution in [0.3, 0.4) is 0 Å². The van der Waals surface area contributed by atoms with Gasteiger partial charge in [-0.15, -0.1) is 0 Å². The molecule has 2 aromatic rings. The lowest BCUT2D eigenvalue weighted by molar-refractivity contribution is 0.286. The maximum Gasteiger partial charge on any atom is 0.218 e. The Morgan fingerprint density at radius 1 is 1.05 bits per heavy atom.